The number of rotatable bonds is 3. The summed E-state index contributed by atoms with van der Waals surface area (Å²) in [6.45, 7) is 2.41. The van der Waals surface area contributed by atoms with Crippen LogP contribution in [0.4, 0.5) is 5.69 Å². The summed E-state index contributed by atoms with van der Waals surface area (Å²) in [6.07, 6.45) is 0. The molecule has 0 amide bonds. The van der Waals surface area contributed by atoms with Crippen LogP contribution in [0.2, 0.25) is 10.0 Å². The molecule has 2 aromatic rings. The van der Waals surface area contributed by atoms with Crippen LogP contribution in [0.5, 0.6) is 5.75 Å². The molecule has 2 aromatic carbocycles. The molecule has 5 heteroatoms. The zero-order valence-corrected chi connectivity index (χ0v) is 13.3. The van der Waals surface area contributed by atoms with Gasteiger partial charge in [0.05, 0.1) is 5.69 Å². The zero-order valence-electron chi connectivity index (χ0n) is 10.2. The molecule has 0 unspecified atom stereocenters. The Kier molecular flexibility index (Phi) is 4.61. The third kappa shape index (κ3) is 3.56. The summed E-state index contributed by atoms with van der Waals surface area (Å²) in [7, 11) is 0. The van der Waals surface area contributed by atoms with Crippen LogP contribution >= 0.6 is 39.1 Å². The van der Waals surface area contributed by atoms with Crippen molar-refractivity contribution in [2.75, 3.05) is 5.32 Å². The molecule has 0 aromatic heterocycles. The average Bonchev–Trinajstić information content (AvgIpc) is 2.36. The average molecular weight is 361 g/mol. The Morgan fingerprint density at radius 3 is 2.68 bits per heavy atom. The first-order valence-electron chi connectivity index (χ1n) is 5.64. The normalized spacial score (nSPS) is 10.5. The molecule has 0 saturated carbocycles. The standard InChI is InChI=1S/C14H12BrCl2NO/c1-8-4-11(15)13(6-12(8)17)18-7-9-5-10(16)2-3-14(9)19/h2-6,18-19H,7H2,1H3. The highest BCUT2D eigenvalue weighted by Gasteiger charge is 2.06. The highest BCUT2D eigenvalue weighted by Crippen LogP contribution is 2.30. The lowest BCUT2D eigenvalue weighted by atomic mass is 10.2. The minimum absolute atomic E-state index is 0.214. The van der Waals surface area contributed by atoms with Crippen LogP contribution < -0.4 is 5.32 Å². The van der Waals surface area contributed by atoms with E-state index in [1.54, 1.807) is 18.2 Å². The van der Waals surface area contributed by atoms with Crippen LogP contribution in [0.1, 0.15) is 11.1 Å². The largest absolute Gasteiger partial charge is 0.508 e. The van der Waals surface area contributed by atoms with Gasteiger partial charge >= 0.3 is 0 Å². The fourth-order valence-corrected chi connectivity index (χ4v) is 2.62. The summed E-state index contributed by atoms with van der Waals surface area (Å²) < 4.78 is 0.927. The first-order valence-corrected chi connectivity index (χ1v) is 7.19. The molecule has 0 fully saturated rings. The Bertz CT molecular complexity index is 617. The van der Waals surface area contributed by atoms with Crippen LogP contribution in [-0.4, -0.2) is 5.11 Å². The first kappa shape index (κ1) is 14.5. The Hall–Kier alpha value is -0.900. The first-order chi connectivity index (χ1) is 8.97. The monoisotopic (exact) mass is 359 g/mol. The molecule has 0 bridgehead atoms. The van der Waals surface area contributed by atoms with Crippen LogP contribution in [-0.2, 0) is 6.54 Å². The topological polar surface area (TPSA) is 32.3 Å². The number of halogens is 3. The second kappa shape index (κ2) is 6.04. The van der Waals surface area contributed by atoms with E-state index in [0.29, 0.717) is 16.6 Å². The molecule has 0 atom stereocenters. The third-order valence-electron chi connectivity index (χ3n) is 2.76. The molecule has 2 nitrogen and oxygen atoms in total. The third-order valence-corrected chi connectivity index (χ3v) is 4.06. The molecule has 19 heavy (non-hydrogen) atoms. The van der Waals surface area contributed by atoms with Gasteiger partial charge in [0.2, 0.25) is 0 Å². The van der Waals surface area contributed by atoms with Gasteiger partial charge in [-0.05, 0) is 58.7 Å². The molecule has 100 valence electrons. The van der Waals surface area contributed by atoms with Gasteiger partial charge in [-0.25, -0.2) is 0 Å². The summed E-state index contributed by atoms with van der Waals surface area (Å²) >= 11 is 15.5. The van der Waals surface area contributed by atoms with Crippen molar-refractivity contribution in [3.8, 4) is 5.75 Å². The number of benzene rings is 2. The number of anilines is 1. The molecule has 2 rings (SSSR count). The molecule has 0 spiro atoms. The summed E-state index contributed by atoms with van der Waals surface area (Å²) in [4.78, 5) is 0. The molecule has 0 aliphatic heterocycles. The Morgan fingerprint density at radius 1 is 1.21 bits per heavy atom. The van der Waals surface area contributed by atoms with E-state index in [1.807, 2.05) is 19.1 Å². The van der Waals surface area contributed by atoms with E-state index in [2.05, 4.69) is 21.2 Å². The molecular formula is C14H12BrCl2NO. The molecule has 0 aliphatic rings. The fourth-order valence-electron chi connectivity index (χ4n) is 1.67. The zero-order chi connectivity index (χ0) is 14.0. The van der Waals surface area contributed by atoms with E-state index in [-0.39, 0.29) is 5.75 Å². The number of nitrogens with one attached hydrogen (secondary N) is 1. The van der Waals surface area contributed by atoms with Crippen molar-refractivity contribution in [1.82, 2.24) is 0 Å². The number of phenolic OH excluding ortho intramolecular Hbond substituents is 1. The summed E-state index contributed by atoms with van der Waals surface area (Å²) in [5, 5.41) is 14.2. The Balaban J connectivity index is 2.19. The predicted octanol–water partition coefficient (Wildman–Crippen LogP) is 5.38. The lowest BCUT2D eigenvalue weighted by Crippen LogP contribution is -2.01. The molecule has 0 saturated heterocycles. The van der Waals surface area contributed by atoms with Gasteiger partial charge < -0.3 is 10.4 Å². The lowest BCUT2D eigenvalue weighted by Gasteiger charge is -2.12. The highest BCUT2D eigenvalue weighted by atomic mass is 79.9. The van der Waals surface area contributed by atoms with Gasteiger partial charge in [-0.1, -0.05) is 23.2 Å². The van der Waals surface area contributed by atoms with Crippen molar-refractivity contribution >= 4 is 44.8 Å². The SMILES string of the molecule is Cc1cc(Br)c(NCc2cc(Cl)ccc2O)cc1Cl. The van der Waals surface area contributed by atoms with Gasteiger partial charge in [0.1, 0.15) is 5.75 Å². The number of hydrogen-bond acceptors (Lipinski definition) is 2. The number of phenols is 1. The number of hydrogen-bond donors (Lipinski definition) is 2. The van der Waals surface area contributed by atoms with Crippen LogP contribution in [0, 0.1) is 6.92 Å². The second-order valence-corrected chi connectivity index (χ2v) is 5.91. The smallest absolute Gasteiger partial charge is 0.120 e. The molecular weight excluding hydrogens is 349 g/mol. The van der Waals surface area contributed by atoms with Gasteiger partial charge in [-0.3, -0.25) is 0 Å². The number of aryl methyl sites for hydroxylation is 1. The van der Waals surface area contributed by atoms with Crippen molar-refractivity contribution in [1.29, 1.82) is 0 Å². The van der Waals surface area contributed by atoms with Crippen molar-refractivity contribution < 1.29 is 5.11 Å². The van der Waals surface area contributed by atoms with E-state index in [0.717, 1.165) is 21.3 Å². The second-order valence-electron chi connectivity index (χ2n) is 4.21. The summed E-state index contributed by atoms with van der Waals surface area (Å²) in [5.41, 5.74) is 2.61. The van der Waals surface area contributed by atoms with Gasteiger partial charge in [-0.15, -0.1) is 0 Å². The molecule has 0 radical (unpaired) electrons. The minimum atomic E-state index is 0.214. The fraction of sp³-hybridized carbons (Fsp3) is 0.143. The van der Waals surface area contributed by atoms with Crippen molar-refractivity contribution in [2.24, 2.45) is 0 Å². The Morgan fingerprint density at radius 2 is 1.95 bits per heavy atom. The highest BCUT2D eigenvalue weighted by molar-refractivity contribution is 9.10. The number of aromatic hydroxyl groups is 1. The van der Waals surface area contributed by atoms with Gasteiger partial charge in [0.25, 0.3) is 0 Å². The van der Waals surface area contributed by atoms with Crippen LogP contribution in [0.3, 0.4) is 0 Å². The summed E-state index contributed by atoms with van der Waals surface area (Å²) in [5.74, 6) is 0.214. The minimum Gasteiger partial charge on any atom is -0.508 e. The van der Waals surface area contributed by atoms with Gasteiger partial charge in [-0.2, -0.15) is 0 Å². The molecule has 2 N–H and O–H groups in total. The molecule has 0 aliphatic carbocycles. The maximum absolute atomic E-state index is 9.74. The molecule has 0 heterocycles. The van der Waals surface area contributed by atoms with E-state index in [9.17, 15) is 5.11 Å². The Labute approximate surface area is 130 Å². The predicted molar refractivity (Wildman–Crippen MR) is 84.3 cm³/mol. The maximum atomic E-state index is 9.74. The quantitative estimate of drug-likeness (QED) is 0.769. The lowest BCUT2D eigenvalue weighted by molar-refractivity contribution is 0.469. The summed E-state index contributed by atoms with van der Waals surface area (Å²) in [6, 6.07) is 8.76. The van der Waals surface area contributed by atoms with Gasteiger partial charge in [0, 0.05) is 26.6 Å². The van der Waals surface area contributed by atoms with Gasteiger partial charge in [0.15, 0.2) is 0 Å². The van der Waals surface area contributed by atoms with E-state index < -0.39 is 0 Å². The van der Waals surface area contributed by atoms with E-state index in [1.165, 1.54) is 0 Å². The van der Waals surface area contributed by atoms with Crippen molar-refractivity contribution in [3.63, 3.8) is 0 Å². The van der Waals surface area contributed by atoms with Crippen molar-refractivity contribution in [3.05, 3.63) is 56.0 Å². The van der Waals surface area contributed by atoms with E-state index in [4.69, 9.17) is 23.2 Å². The van der Waals surface area contributed by atoms with Crippen LogP contribution in [0.15, 0.2) is 34.8 Å². The maximum Gasteiger partial charge on any atom is 0.120 e. The van der Waals surface area contributed by atoms with E-state index >= 15 is 0 Å². The van der Waals surface area contributed by atoms with Crippen LogP contribution in [0.25, 0.3) is 0 Å². The van der Waals surface area contributed by atoms with Crippen molar-refractivity contribution in [2.45, 2.75) is 13.5 Å².